The van der Waals surface area contributed by atoms with E-state index in [4.69, 9.17) is 15.9 Å². The highest BCUT2D eigenvalue weighted by molar-refractivity contribution is 8.03. The van der Waals surface area contributed by atoms with Crippen LogP contribution >= 0.6 is 11.8 Å². The third-order valence-electron chi connectivity index (χ3n) is 10.6. The molecule has 1 fully saturated rings. The van der Waals surface area contributed by atoms with Crippen LogP contribution in [0, 0.1) is 17.2 Å². The van der Waals surface area contributed by atoms with Crippen LogP contribution in [-0.4, -0.2) is 140 Å². The Hall–Kier alpha value is -5.68. The third-order valence-corrected chi connectivity index (χ3v) is 11.7. The lowest BCUT2D eigenvalue weighted by atomic mass is 9.83. The fourth-order valence-corrected chi connectivity index (χ4v) is 8.37. The molecule has 0 radical (unpaired) electrons. The van der Waals surface area contributed by atoms with E-state index >= 15 is 0 Å². The lowest BCUT2D eigenvalue weighted by Gasteiger charge is -2.44. The highest BCUT2D eigenvalue weighted by atomic mass is 32.2. The SMILES string of the molecule is CC(C)C(NC(=O)CCCCCN1C(=O)C=CC1=O)C(=O)NC(CCCNC(N)O)C(=O)Nc1ccc(COC(=O)N(C=N)CCSC2=C(C(=O)O)N3C(=O)C(C(C)O)C3C2)cc1. The fraction of sp³-hybridized carbons (Fsp3) is 0.537. The first-order chi connectivity index (χ1) is 29.9. The molecule has 6 unspecified atom stereocenters. The number of carboxylic acid groups (broad SMARTS) is 1. The van der Waals surface area contributed by atoms with E-state index in [1.807, 2.05) is 0 Å². The van der Waals surface area contributed by atoms with Gasteiger partial charge in [0.15, 0.2) is 6.35 Å². The van der Waals surface area contributed by atoms with E-state index in [1.165, 1.54) is 24.0 Å². The van der Waals surface area contributed by atoms with Crippen molar-refractivity contribution < 1.29 is 58.4 Å². The van der Waals surface area contributed by atoms with Gasteiger partial charge in [-0.1, -0.05) is 32.4 Å². The van der Waals surface area contributed by atoms with Crippen molar-refractivity contribution in [2.75, 3.05) is 30.7 Å². The van der Waals surface area contributed by atoms with E-state index in [9.17, 15) is 53.7 Å². The highest BCUT2D eigenvalue weighted by Gasteiger charge is 2.56. The molecule has 0 aromatic heterocycles. The Labute approximate surface area is 368 Å². The molecular weight excluding hydrogens is 843 g/mol. The number of thioether (sulfide) groups is 1. The molecule has 7 amide bonds. The van der Waals surface area contributed by atoms with Gasteiger partial charge in [-0.2, -0.15) is 0 Å². The van der Waals surface area contributed by atoms with Gasteiger partial charge < -0.3 is 40.9 Å². The van der Waals surface area contributed by atoms with Gasteiger partial charge >= 0.3 is 12.1 Å². The number of unbranched alkanes of at least 4 members (excludes halogenated alkanes) is 2. The molecule has 21 nitrogen and oxygen atoms in total. The average Bonchev–Trinajstić information content (AvgIpc) is 3.73. The number of carbonyl (C=O) groups is 8. The van der Waals surface area contributed by atoms with Crippen LogP contribution in [0.4, 0.5) is 10.5 Å². The number of hydrogen-bond donors (Lipinski definition) is 9. The zero-order valence-electron chi connectivity index (χ0n) is 35.4. The van der Waals surface area contributed by atoms with Gasteiger partial charge in [-0.15, -0.1) is 11.8 Å². The first-order valence-electron chi connectivity index (χ1n) is 20.7. The number of carbonyl (C=O) groups excluding carboxylic acids is 7. The second-order valence-corrected chi connectivity index (χ2v) is 16.8. The Morgan fingerprint density at radius 2 is 1.67 bits per heavy atom. The maximum absolute atomic E-state index is 13.5. The van der Waals surface area contributed by atoms with E-state index in [0.29, 0.717) is 41.8 Å². The fourth-order valence-electron chi connectivity index (χ4n) is 7.23. The summed E-state index contributed by atoms with van der Waals surface area (Å²) in [4.78, 5) is 104. The number of nitrogens with one attached hydrogen (secondary N) is 5. The molecule has 10 N–H and O–H groups in total. The van der Waals surface area contributed by atoms with E-state index in [2.05, 4.69) is 21.3 Å². The number of nitrogens with zero attached hydrogens (tertiary/aromatic N) is 3. The van der Waals surface area contributed by atoms with Crippen LogP contribution in [0.2, 0.25) is 0 Å². The molecule has 63 heavy (non-hydrogen) atoms. The molecule has 22 heteroatoms. The number of anilines is 1. The standard InChI is InChI=1S/C41H57N9O12S/c1-23(2)34(47-30(52)9-5-4-6-17-49-31(53)14-15-32(49)54)37(56)46-27(8-7-16-44-40(43)60)36(55)45-26-12-10-25(11-13-26)21-62-41(61)48(22-42)18-19-63-29-20-28-33(24(3)51)38(57)50(28)35(29)39(58)59/h10-15,22-24,27-28,33-34,40,42,44,51,60H,4-9,16-21,43H2,1-3H3,(H,45,55)(H,46,56)(H,47,52)(H,58,59). The highest BCUT2D eigenvalue weighted by Crippen LogP contribution is 2.47. The smallest absolute Gasteiger partial charge is 0.415 e. The molecule has 0 bridgehead atoms. The minimum Gasteiger partial charge on any atom is -0.477 e. The van der Waals surface area contributed by atoms with Crippen molar-refractivity contribution in [3.05, 3.63) is 52.6 Å². The molecule has 4 rings (SSSR count). The summed E-state index contributed by atoms with van der Waals surface area (Å²) in [6, 6.07) is 3.88. The van der Waals surface area contributed by atoms with Gasteiger partial charge in [0.25, 0.3) is 11.8 Å². The zero-order valence-corrected chi connectivity index (χ0v) is 36.2. The van der Waals surface area contributed by atoms with Crippen LogP contribution in [0.25, 0.3) is 0 Å². The molecule has 1 aromatic carbocycles. The molecule has 1 saturated heterocycles. The number of hydrogen-bond acceptors (Lipinski definition) is 15. The maximum Gasteiger partial charge on any atom is 0.415 e. The summed E-state index contributed by atoms with van der Waals surface area (Å²) in [5.41, 5.74) is 6.13. The summed E-state index contributed by atoms with van der Waals surface area (Å²) >= 11 is 1.15. The second kappa shape index (κ2) is 23.7. The lowest BCUT2D eigenvalue weighted by Crippen LogP contribution is -2.61. The number of nitrogens with two attached hydrogens (primary N) is 1. The maximum atomic E-state index is 13.5. The Morgan fingerprint density at radius 1 is 0.984 bits per heavy atom. The monoisotopic (exact) mass is 899 g/mol. The van der Waals surface area contributed by atoms with Crippen molar-refractivity contribution >= 4 is 71.3 Å². The summed E-state index contributed by atoms with van der Waals surface area (Å²) in [6.07, 6.45) is 2.60. The van der Waals surface area contributed by atoms with Crippen LogP contribution < -0.4 is 27.0 Å². The summed E-state index contributed by atoms with van der Waals surface area (Å²) in [7, 11) is 0. The number of aliphatic hydroxyl groups excluding tert-OH is 2. The van der Waals surface area contributed by atoms with E-state index in [0.717, 1.165) is 27.9 Å². The molecule has 0 spiro atoms. The normalized spacial score (nSPS) is 18.7. The van der Waals surface area contributed by atoms with Gasteiger partial charge in [-0.05, 0) is 62.8 Å². The topological polar surface area (TPSA) is 314 Å². The molecule has 0 saturated carbocycles. The molecule has 3 aliphatic heterocycles. The van der Waals surface area contributed by atoms with Crippen molar-refractivity contribution in [1.82, 2.24) is 30.7 Å². The summed E-state index contributed by atoms with van der Waals surface area (Å²) in [6.45, 7) is 5.29. The first kappa shape index (κ1) is 50.0. The lowest BCUT2D eigenvalue weighted by molar-refractivity contribution is -0.161. The number of carboxylic acids is 1. The van der Waals surface area contributed by atoms with Gasteiger partial charge in [-0.25, -0.2) is 9.59 Å². The summed E-state index contributed by atoms with van der Waals surface area (Å²) in [5.74, 6) is -4.77. The number of fused-ring (bicyclic) bond motifs is 1. The molecule has 3 heterocycles. The third kappa shape index (κ3) is 13.9. The van der Waals surface area contributed by atoms with E-state index in [-0.39, 0.29) is 80.6 Å². The molecule has 6 atom stereocenters. The summed E-state index contributed by atoms with van der Waals surface area (Å²) < 4.78 is 5.38. The average molecular weight is 900 g/mol. The van der Waals surface area contributed by atoms with Crippen molar-refractivity contribution in [3.8, 4) is 0 Å². The Bertz CT molecular complexity index is 1920. The molecule has 344 valence electrons. The van der Waals surface area contributed by atoms with Gasteiger partial charge in [0.1, 0.15) is 24.4 Å². The minimum atomic E-state index is -1.28. The van der Waals surface area contributed by atoms with Crippen molar-refractivity contribution in [2.45, 2.75) is 103 Å². The number of rotatable bonds is 26. The number of amides is 7. The van der Waals surface area contributed by atoms with Crippen molar-refractivity contribution in [2.24, 2.45) is 17.6 Å². The van der Waals surface area contributed by atoms with Gasteiger partial charge in [0.05, 0.1) is 24.4 Å². The van der Waals surface area contributed by atoms with Crippen LogP contribution in [-0.2, 0) is 44.9 Å². The predicted octanol–water partition coefficient (Wildman–Crippen LogP) is 0.527. The second-order valence-electron chi connectivity index (χ2n) is 15.6. The number of benzene rings is 1. The number of aliphatic hydroxyl groups is 2. The van der Waals surface area contributed by atoms with Crippen molar-refractivity contribution in [1.29, 1.82) is 5.41 Å². The van der Waals surface area contributed by atoms with E-state index < -0.39 is 66.3 Å². The first-order valence-corrected chi connectivity index (χ1v) is 21.7. The molecule has 1 aromatic rings. The van der Waals surface area contributed by atoms with Crippen LogP contribution in [0.5, 0.6) is 0 Å². The van der Waals surface area contributed by atoms with Crippen LogP contribution in [0.3, 0.4) is 0 Å². The zero-order chi connectivity index (χ0) is 46.4. The molecule has 0 aliphatic carbocycles. The minimum absolute atomic E-state index is 0.00474. The largest absolute Gasteiger partial charge is 0.477 e. The number of aliphatic carboxylic acids is 1. The van der Waals surface area contributed by atoms with Crippen LogP contribution in [0.15, 0.2) is 47.0 Å². The predicted molar refractivity (Wildman–Crippen MR) is 229 cm³/mol. The van der Waals surface area contributed by atoms with Crippen molar-refractivity contribution in [3.63, 3.8) is 0 Å². The summed E-state index contributed by atoms with van der Waals surface area (Å²) in [5, 5.41) is 47.7. The Balaban J connectivity index is 1.26. The van der Waals surface area contributed by atoms with Gasteiger partial charge in [0, 0.05) is 54.4 Å². The van der Waals surface area contributed by atoms with Gasteiger partial charge in [-0.3, -0.25) is 55.0 Å². The number of β-lactam (4-membered cyclic amide) rings is 1. The van der Waals surface area contributed by atoms with Gasteiger partial charge in [0.2, 0.25) is 23.6 Å². The number of ether oxygens (including phenoxy) is 1. The Morgan fingerprint density at radius 3 is 2.27 bits per heavy atom. The molecule has 3 aliphatic rings. The van der Waals surface area contributed by atoms with Crippen LogP contribution in [0.1, 0.15) is 71.3 Å². The van der Waals surface area contributed by atoms with E-state index in [1.54, 1.807) is 38.1 Å². The quantitative estimate of drug-likeness (QED) is 0.0153. The molecular formula is C41H57N9O12S. The number of imide groups is 1. The Kier molecular flexibility index (Phi) is 18.8.